The summed E-state index contributed by atoms with van der Waals surface area (Å²) in [7, 11) is 14.7. The summed E-state index contributed by atoms with van der Waals surface area (Å²) in [5.41, 5.74) is 11.8. The van der Waals surface area contributed by atoms with Crippen molar-refractivity contribution in [3.63, 3.8) is 0 Å². The first-order valence-electron chi connectivity index (χ1n) is 35.8. The lowest BCUT2D eigenvalue weighted by atomic mass is 9.86. The maximum atomic E-state index is 13.7. The van der Waals surface area contributed by atoms with Crippen molar-refractivity contribution in [1.82, 2.24) is 9.97 Å². The molecule has 115 heavy (non-hydrogen) atoms. The van der Waals surface area contributed by atoms with Gasteiger partial charge < -0.3 is 83.7 Å². The van der Waals surface area contributed by atoms with E-state index < -0.39 is 34.8 Å². The molecule has 8 N–H and O–H groups in total. The van der Waals surface area contributed by atoms with Crippen molar-refractivity contribution in [2.45, 2.75) is 69.0 Å². The number of aliphatic hydroxyl groups is 5. The topological polar surface area (TPSA) is 351 Å². The van der Waals surface area contributed by atoms with E-state index in [1.54, 1.807) is 129 Å². The zero-order chi connectivity index (χ0) is 84.7. The number of pyridine rings is 2. The number of halogens is 5. The average Bonchev–Trinajstić information content (AvgIpc) is 1.68. The zero-order valence-electron chi connectivity index (χ0n) is 65.2. The molecule has 614 valence electrons. The van der Waals surface area contributed by atoms with Crippen LogP contribution in [-0.2, 0) is 44.7 Å². The Morgan fingerprint density at radius 2 is 0.835 bits per heavy atom. The summed E-state index contributed by atoms with van der Waals surface area (Å²) in [6.45, 7) is 3.79. The summed E-state index contributed by atoms with van der Waals surface area (Å²) in [5.74, 6) is 0.751. The largest absolute Gasteiger partial charge is 0.496 e. The van der Waals surface area contributed by atoms with Gasteiger partial charge in [-0.2, -0.15) is 0 Å². The molecule has 9 aromatic rings. The number of carboxylic acids is 1. The quantitative estimate of drug-likeness (QED) is 0.00991. The number of carbonyl (C=O) groups excluding carboxylic acids is 4. The highest BCUT2D eigenvalue weighted by atomic mass is 127. The zero-order valence-corrected chi connectivity index (χ0v) is 68.9. The molecule has 0 aliphatic heterocycles. The number of hydrogen-bond acceptors (Lipinski definition) is 23. The minimum Gasteiger partial charge on any atom is -0.496 e. The minimum absolute atomic E-state index is 0.00744. The molecular formula is C86H94Cl2F2IN3O21. The van der Waals surface area contributed by atoms with E-state index in [4.69, 9.17) is 82.4 Å². The number of Topliss-reactive ketones (excluding diaryl/α,β-unsaturated/α-hetero) is 1. The molecular weight excluding hydrogens is 1650 g/mol. The van der Waals surface area contributed by atoms with Crippen LogP contribution in [0.2, 0.25) is 10.0 Å². The second-order valence-corrected chi connectivity index (χ2v) is 27.5. The number of ketones is 1. The number of aromatic carboxylic acids is 1. The van der Waals surface area contributed by atoms with Gasteiger partial charge in [-0.1, -0.05) is 66.2 Å². The number of aromatic nitrogens is 2. The van der Waals surface area contributed by atoms with Gasteiger partial charge in [0, 0.05) is 55.0 Å². The Hall–Kier alpha value is -10.3. The van der Waals surface area contributed by atoms with Gasteiger partial charge in [0.05, 0.1) is 118 Å². The molecule has 24 nitrogen and oxygen atoms in total. The molecule has 2 heterocycles. The highest BCUT2D eigenvalue weighted by molar-refractivity contribution is 14.1. The second-order valence-electron chi connectivity index (χ2n) is 25.6. The van der Waals surface area contributed by atoms with Crippen LogP contribution in [0.4, 0.5) is 8.78 Å². The lowest BCUT2D eigenvalue weighted by molar-refractivity contribution is -0.00111. The number of esters is 3. The highest BCUT2D eigenvalue weighted by Crippen LogP contribution is 2.50. The summed E-state index contributed by atoms with van der Waals surface area (Å²) in [5, 5.41) is 58.1. The number of benzene rings is 7. The number of nitrogens with two attached hydrogens (primary N) is 1. The lowest BCUT2D eigenvalue weighted by Gasteiger charge is -2.28. The van der Waals surface area contributed by atoms with Gasteiger partial charge in [0.1, 0.15) is 74.5 Å². The summed E-state index contributed by atoms with van der Waals surface area (Å²) in [6.07, 6.45) is 6.90. The number of carboxylic acid groups (broad SMARTS) is 1. The van der Waals surface area contributed by atoms with Crippen LogP contribution in [-0.4, -0.2) is 168 Å². The van der Waals surface area contributed by atoms with E-state index in [1.165, 1.54) is 93.3 Å². The molecule has 0 spiro atoms. The second kappa shape index (κ2) is 45.7. The predicted molar refractivity (Wildman–Crippen MR) is 439 cm³/mol. The molecule has 2 aliphatic rings. The van der Waals surface area contributed by atoms with Gasteiger partial charge in [0.15, 0.2) is 5.78 Å². The third-order valence-electron chi connectivity index (χ3n) is 18.4. The number of nitrogens with zero attached hydrogens (tertiary/aromatic N) is 2. The Balaban J connectivity index is 0.000000226. The Bertz CT molecular complexity index is 4820. The van der Waals surface area contributed by atoms with Gasteiger partial charge in [-0.3, -0.25) is 4.79 Å². The molecule has 2 unspecified atom stereocenters. The van der Waals surface area contributed by atoms with Crippen LogP contribution in [0.5, 0.6) is 40.2 Å². The van der Waals surface area contributed by atoms with E-state index in [0.717, 1.165) is 51.5 Å². The SMILES string of the molecule is C=Cc1ccc(C(=O)OC)cc1OC.COC(=O)c1ccc(CCO)c(OC)c1.COC(=O)c1ccc(I)c(OC)c1.COc1cc(C(=O)CCC(O)(c2ccc(OC)c(-c3ccc(F)c(Cl)c3)n2)C2CC2)ccc1CCO.COc1cc(C(=O)O)ccc1CCO.COc1ccc(C(O)(CN)C2CC2)nc1-c1ccc(F)c(Cl)c1. The first-order chi connectivity index (χ1) is 55.1. The Morgan fingerprint density at radius 1 is 0.478 bits per heavy atom. The molecule has 0 saturated heterocycles. The Kier molecular flexibility index (Phi) is 37.1. The van der Waals surface area contributed by atoms with Crippen molar-refractivity contribution in [3.8, 4) is 62.8 Å². The first-order valence-corrected chi connectivity index (χ1v) is 37.6. The van der Waals surface area contributed by atoms with Gasteiger partial charge in [-0.05, 0) is 224 Å². The Morgan fingerprint density at radius 3 is 1.21 bits per heavy atom. The fourth-order valence-electron chi connectivity index (χ4n) is 11.8. The maximum absolute atomic E-state index is 13.7. The van der Waals surface area contributed by atoms with Crippen LogP contribution in [0.1, 0.15) is 124 Å². The van der Waals surface area contributed by atoms with Crippen LogP contribution in [0.15, 0.2) is 158 Å². The molecule has 2 fully saturated rings. The fourth-order valence-corrected chi connectivity index (χ4v) is 12.7. The average molecular weight is 1740 g/mol. The number of aliphatic hydroxyl groups excluding tert-OH is 3. The van der Waals surface area contributed by atoms with E-state index in [0.29, 0.717) is 116 Å². The van der Waals surface area contributed by atoms with E-state index in [-0.39, 0.29) is 84.4 Å². The molecule has 29 heteroatoms. The molecule has 7 aromatic carbocycles. The highest BCUT2D eigenvalue weighted by Gasteiger charge is 2.47. The third kappa shape index (κ3) is 25.6. The van der Waals surface area contributed by atoms with Gasteiger partial charge in [-0.25, -0.2) is 37.9 Å². The number of carbonyl (C=O) groups is 5. The number of rotatable bonds is 29. The standard InChI is InChI=1S/C28H29ClFNO5.C17H18ClFN2O2.C11H14O4.C11H12O3.C10H12O4.C9H9IO3/c1-35-24-9-10-26(31-27(24)19-5-8-22(30)21(29)15-19)28(34,20-6-7-20)13-11-23(33)18-4-3-17(12-14-32)25(16-18)36-2;1-23-14-6-7-15(17(22,9-20)11-3-4-11)21-16(14)10-2-5-13(19)12(18)8-10;1-14-10-7-9(11(13)15-2)4-3-8(10)5-6-12;1-4-8-5-6-9(11(12)14-3)7-10(8)13-2;1-14-9-6-8(10(12)13)3-2-7(9)4-5-11;1-12-8-5-6(9(11)13-2)3-4-7(8)10/h3-5,8-10,15-16,20,32,34H,6-7,11-14H2,1-2H3;2,5-8,11,22H,3-4,9,20H2,1H3;3-4,7,12H,5-6H2,1-2H3;4-7H,1H2,2-3H3;2-3,6,11H,4-5H2,1H3,(H,12,13);3-5H,1-2H3. The molecule has 0 bridgehead atoms. The monoisotopic (exact) mass is 1740 g/mol. The van der Waals surface area contributed by atoms with E-state index in [9.17, 15) is 48.1 Å². The molecule has 11 rings (SSSR count). The van der Waals surface area contributed by atoms with Crippen molar-refractivity contribution in [2.24, 2.45) is 17.6 Å². The van der Waals surface area contributed by atoms with Crippen LogP contribution < -0.4 is 38.9 Å². The van der Waals surface area contributed by atoms with Crippen molar-refractivity contribution < 1.29 is 111 Å². The molecule has 0 amide bonds. The molecule has 0 radical (unpaired) electrons. The number of methoxy groups -OCH3 is 10. The van der Waals surface area contributed by atoms with Crippen molar-refractivity contribution in [2.75, 3.05) is 97.5 Å². The summed E-state index contributed by atoms with van der Waals surface area (Å²) >= 11 is 14.0. The van der Waals surface area contributed by atoms with Crippen LogP contribution in [0.25, 0.3) is 28.6 Å². The molecule has 2 aromatic heterocycles. The van der Waals surface area contributed by atoms with Gasteiger partial charge in [0.25, 0.3) is 0 Å². The first kappa shape index (κ1) is 93.5. The van der Waals surface area contributed by atoms with Crippen LogP contribution in [0, 0.1) is 27.0 Å². The normalized spacial score (nSPS) is 12.7. The van der Waals surface area contributed by atoms with Gasteiger partial charge in [-0.15, -0.1) is 0 Å². The molecule has 2 atom stereocenters. The Labute approximate surface area is 689 Å². The van der Waals surface area contributed by atoms with Crippen LogP contribution in [0.3, 0.4) is 0 Å². The van der Waals surface area contributed by atoms with E-state index >= 15 is 0 Å². The molecule has 2 aliphatic carbocycles. The predicted octanol–water partition coefficient (Wildman–Crippen LogP) is 14.6. The van der Waals surface area contributed by atoms with Crippen molar-refractivity contribution in [1.29, 1.82) is 0 Å². The van der Waals surface area contributed by atoms with Crippen molar-refractivity contribution >= 4 is 81.5 Å². The fraction of sp³-hybridized carbons (Fsp3) is 0.314. The summed E-state index contributed by atoms with van der Waals surface area (Å²) in [6, 6.07) is 40.5. The van der Waals surface area contributed by atoms with Gasteiger partial charge in [0.2, 0.25) is 0 Å². The number of ether oxygens (including phenoxy) is 10. The third-order valence-corrected chi connectivity index (χ3v) is 19.9. The summed E-state index contributed by atoms with van der Waals surface area (Å²) in [4.78, 5) is 66.5. The lowest BCUT2D eigenvalue weighted by Crippen LogP contribution is -2.38. The molecule has 2 saturated carbocycles. The van der Waals surface area contributed by atoms with Crippen LogP contribution >= 0.6 is 45.8 Å². The number of hydrogen-bond donors (Lipinski definition) is 7. The van der Waals surface area contributed by atoms with E-state index in [1.807, 2.05) is 6.07 Å². The van der Waals surface area contributed by atoms with Crippen molar-refractivity contribution in [3.05, 3.63) is 245 Å². The smallest absolute Gasteiger partial charge is 0.337 e. The minimum atomic E-state index is -1.30. The van der Waals surface area contributed by atoms with E-state index in [2.05, 4.69) is 48.4 Å². The van der Waals surface area contributed by atoms with Gasteiger partial charge >= 0.3 is 23.9 Å². The maximum Gasteiger partial charge on any atom is 0.337 e. The summed E-state index contributed by atoms with van der Waals surface area (Å²) < 4.78 is 78.3.